The van der Waals surface area contributed by atoms with Crippen LogP contribution in [0.2, 0.25) is 0 Å². The highest BCUT2D eigenvalue weighted by molar-refractivity contribution is 5.39. The van der Waals surface area contributed by atoms with E-state index in [1.54, 1.807) is 24.3 Å². The molecule has 1 aliphatic rings. The van der Waals surface area contributed by atoms with Crippen molar-refractivity contribution in [2.75, 3.05) is 6.54 Å². The van der Waals surface area contributed by atoms with Gasteiger partial charge in [0.1, 0.15) is 5.82 Å². The Morgan fingerprint density at radius 1 is 1.07 bits per heavy atom. The molecule has 3 aromatic rings. The number of nitro benzene ring substituents is 1. The lowest BCUT2D eigenvalue weighted by Crippen LogP contribution is -2.29. The van der Waals surface area contributed by atoms with Crippen LogP contribution in [0.15, 0.2) is 66.9 Å². The van der Waals surface area contributed by atoms with E-state index >= 15 is 0 Å². The van der Waals surface area contributed by atoms with E-state index in [0.717, 1.165) is 36.3 Å². The SMILES string of the molecule is O=[N+]([O-])c1cccc(C2c3cccn3CCCN2Cc2ccc(F)cc2)c1. The molecule has 0 fully saturated rings. The van der Waals surface area contributed by atoms with Gasteiger partial charge in [-0.25, -0.2) is 4.39 Å². The molecule has 0 aliphatic carbocycles. The zero-order chi connectivity index (χ0) is 18.8. The van der Waals surface area contributed by atoms with Crippen LogP contribution in [-0.4, -0.2) is 20.9 Å². The van der Waals surface area contributed by atoms with E-state index in [-0.39, 0.29) is 22.5 Å². The number of fused-ring (bicyclic) bond motifs is 1. The first-order chi connectivity index (χ1) is 13.1. The number of halogens is 1. The van der Waals surface area contributed by atoms with Crippen LogP contribution in [-0.2, 0) is 13.1 Å². The molecule has 0 bridgehead atoms. The summed E-state index contributed by atoms with van der Waals surface area (Å²) in [6.07, 6.45) is 3.04. The zero-order valence-electron chi connectivity index (χ0n) is 14.8. The van der Waals surface area contributed by atoms with Crippen molar-refractivity contribution in [1.29, 1.82) is 0 Å². The second kappa shape index (κ2) is 7.32. The van der Waals surface area contributed by atoms with Gasteiger partial charge in [0, 0.05) is 43.7 Å². The van der Waals surface area contributed by atoms with Crippen LogP contribution in [0.1, 0.15) is 29.3 Å². The Balaban J connectivity index is 1.75. The predicted molar refractivity (Wildman–Crippen MR) is 101 cm³/mol. The summed E-state index contributed by atoms with van der Waals surface area (Å²) in [5.41, 5.74) is 3.13. The van der Waals surface area contributed by atoms with Gasteiger partial charge in [-0.1, -0.05) is 24.3 Å². The number of rotatable bonds is 4. The Morgan fingerprint density at radius 2 is 1.89 bits per heavy atom. The highest BCUT2D eigenvalue weighted by Gasteiger charge is 2.28. The Bertz CT molecular complexity index is 952. The van der Waals surface area contributed by atoms with Crippen LogP contribution in [0.4, 0.5) is 10.1 Å². The van der Waals surface area contributed by atoms with Gasteiger partial charge in [-0.05, 0) is 41.8 Å². The van der Waals surface area contributed by atoms with Crippen LogP contribution < -0.4 is 0 Å². The van der Waals surface area contributed by atoms with Gasteiger partial charge in [0.15, 0.2) is 0 Å². The summed E-state index contributed by atoms with van der Waals surface area (Å²) in [7, 11) is 0. The van der Waals surface area contributed by atoms with Crippen LogP contribution in [0.25, 0.3) is 0 Å². The minimum Gasteiger partial charge on any atom is -0.350 e. The molecular formula is C21H20FN3O2. The maximum absolute atomic E-state index is 13.3. The molecule has 0 N–H and O–H groups in total. The van der Waals surface area contributed by atoms with Crippen LogP contribution in [0.5, 0.6) is 0 Å². The quantitative estimate of drug-likeness (QED) is 0.504. The molecule has 4 rings (SSSR count). The summed E-state index contributed by atoms with van der Waals surface area (Å²) in [4.78, 5) is 13.2. The first-order valence-corrected chi connectivity index (χ1v) is 9.00. The smallest absolute Gasteiger partial charge is 0.269 e. The van der Waals surface area contributed by atoms with Crippen molar-refractivity contribution in [3.8, 4) is 0 Å². The molecule has 5 nitrogen and oxygen atoms in total. The van der Waals surface area contributed by atoms with E-state index in [1.165, 1.54) is 18.2 Å². The van der Waals surface area contributed by atoms with Gasteiger partial charge in [0.05, 0.1) is 11.0 Å². The van der Waals surface area contributed by atoms with Gasteiger partial charge in [-0.2, -0.15) is 0 Å². The highest BCUT2D eigenvalue weighted by atomic mass is 19.1. The summed E-state index contributed by atoms with van der Waals surface area (Å²) in [6.45, 7) is 2.42. The largest absolute Gasteiger partial charge is 0.350 e. The van der Waals surface area contributed by atoms with Gasteiger partial charge >= 0.3 is 0 Å². The number of aryl methyl sites for hydroxylation is 1. The molecule has 1 atom stereocenters. The lowest BCUT2D eigenvalue weighted by atomic mass is 10.0. The standard InChI is InChI=1S/C21H20FN3O2/c22-18-9-7-16(8-10-18)15-24-13-3-12-23-11-2-6-20(23)21(24)17-4-1-5-19(14-17)25(26)27/h1-2,4-11,14,21H,3,12-13,15H2. The van der Waals surface area contributed by atoms with Gasteiger partial charge in [0.2, 0.25) is 0 Å². The van der Waals surface area contributed by atoms with E-state index in [0.29, 0.717) is 6.54 Å². The third-order valence-electron chi connectivity index (χ3n) is 5.05. The third kappa shape index (κ3) is 3.61. The van der Waals surface area contributed by atoms with Crippen molar-refractivity contribution in [3.05, 3.63) is 99.6 Å². The lowest BCUT2D eigenvalue weighted by Gasteiger charge is -2.30. The molecule has 2 aromatic carbocycles. The van der Waals surface area contributed by atoms with Gasteiger partial charge in [-0.3, -0.25) is 15.0 Å². The molecule has 0 radical (unpaired) electrons. The Kier molecular flexibility index (Phi) is 4.73. The molecule has 0 spiro atoms. The summed E-state index contributed by atoms with van der Waals surface area (Å²) in [5, 5.41) is 11.3. The number of benzene rings is 2. The molecule has 1 unspecified atom stereocenters. The fraction of sp³-hybridized carbons (Fsp3) is 0.238. The first-order valence-electron chi connectivity index (χ1n) is 9.00. The average molecular weight is 365 g/mol. The van der Waals surface area contributed by atoms with Crippen LogP contribution in [0, 0.1) is 15.9 Å². The van der Waals surface area contributed by atoms with E-state index in [1.807, 2.05) is 12.1 Å². The normalized spacial score (nSPS) is 17.3. The van der Waals surface area contributed by atoms with E-state index < -0.39 is 0 Å². The first kappa shape index (κ1) is 17.4. The molecule has 1 aliphatic heterocycles. The molecule has 1 aromatic heterocycles. The minimum atomic E-state index is -0.358. The van der Waals surface area contributed by atoms with Crippen molar-refractivity contribution in [1.82, 2.24) is 9.47 Å². The molecule has 27 heavy (non-hydrogen) atoms. The Labute approximate surface area is 156 Å². The number of nitrogens with zero attached hydrogens (tertiary/aromatic N) is 3. The number of hydrogen-bond acceptors (Lipinski definition) is 3. The number of nitro groups is 1. The van der Waals surface area contributed by atoms with Crippen LogP contribution in [0.3, 0.4) is 0 Å². The maximum Gasteiger partial charge on any atom is 0.269 e. The molecule has 6 heteroatoms. The predicted octanol–water partition coefficient (Wildman–Crippen LogP) is 4.53. The molecule has 2 heterocycles. The van der Waals surface area contributed by atoms with E-state index in [4.69, 9.17) is 0 Å². The van der Waals surface area contributed by atoms with Gasteiger partial charge in [0.25, 0.3) is 5.69 Å². The lowest BCUT2D eigenvalue weighted by molar-refractivity contribution is -0.384. The van der Waals surface area contributed by atoms with Gasteiger partial charge < -0.3 is 4.57 Å². The zero-order valence-corrected chi connectivity index (χ0v) is 14.8. The minimum absolute atomic E-state index is 0.0903. The molecular weight excluding hydrogens is 345 g/mol. The number of non-ortho nitro benzene ring substituents is 1. The monoisotopic (exact) mass is 365 g/mol. The van der Waals surface area contributed by atoms with Crippen molar-refractivity contribution >= 4 is 5.69 Å². The summed E-state index contributed by atoms with van der Waals surface area (Å²) in [6, 6.07) is 17.4. The number of hydrogen-bond donors (Lipinski definition) is 0. The van der Waals surface area contributed by atoms with E-state index in [2.05, 4.69) is 21.7 Å². The number of aromatic nitrogens is 1. The summed E-state index contributed by atoms with van der Waals surface area (Å²) in [5.74, 6) is -0.251. The third-order valence-corrected chi connectivity index (χ3v) is 5.05. The van der Waals surface area contributed by atoms with E-state index in [9.17, 15) is 14.5 Å². The maximum atomic E-state index is 13.3. The fourth-order valence-electron chi connectivity index (χ4n) is 3.82. The molecule has 138 valence electrons. The van der Waals surface area contributed by atoms with Crippen molar-refractivity contribution in [2.24, 2.45) is 0 Å². The highest BCUT2D eigenvalue weighted by Crippen LogP contribution is 2.34. The average Bonchev–Trinajstić information content (AvgIpc) is 3.05. The second-order valence-electron chi connectivity index (χ2n) is 6.83. The molecule has 0 saturated heterocycles. The topological polar surface area (TPSA) is 51.3 Å². The summed E-state index contributed by atoms with van der Waals surface area (Å²) < 4.78 is 15.5. The van der Waals surface area contributed by atoms with Crippen LogP contribution >= 0.6 is 0 Å². The van der Waals surface area contributed by atoms with Crippen molar-refractivity contribution in [2.45, 2.75) is 25.6 Å². The Morgan fingerprint density at radius 3 is 2.67 bits per heavy atom. The fourth-order valence-corrected chi connectivity index (χ4v) is 3.82. The van der Waals surface area contributed by atoms with Crippen molar-refractivity contribution < 1.29 is 9.31 Å². The Hall–Kier alpha value is -2.99. The second-order valence-corrected chi connectivity index (χ2v) is 6.83. The molecule has 0 amide bonds. The van der Waals surface area contributed by atoms with Crippen molar-refractivity contribution in [3.63, 3.8) is 0 Å². The summed E-state index contributed by atoms with van der Waals surface area (Å²) >= 11 is 0. The van der Waals surface area contributed by atoms with Gasteiger partial charge in [-0.15, -0.1) is 0 Å². The molecule has 0 saturated carbocycles.